The van der Waals surface area contributed by atoms with E-state index in [2.05, 4.69) is 10.4 Å². The molecule has 86 valence electrons. The normalized spacial score (nSPS) is 12.1. The van der Waals surface area contributed by atoms with Crippen LogP contribution in [0.2, 0.25) is 0 Å². The van der Waals surface area contributed by atoms with Crippen LogP contribution in [-0.2, 0) is 6.54 Å². The molecular weight excluding hydrogens is 212 g/mol. The molecule has 0 unspecified atom stereocenters. The first kappa shape index (κ1) is 12.4. The highest BCUT2D eigenvalue weighted by Gasteiger charge is 2.16. The summed E-state index contributed by atoms with van der Waals surface area (Å²) in [7, 11) is 1.97. The molecule has 0 atom stereocenters. The molecule has 0 saturated heterocycles. The second kappa shape index (κ2) is 4.89. The Balaban J connectivity index is 2.47. The highest BCUT2D eigenvalue weighted by Crippen LogP contribution is 2.18. The second-order valence-electron chi connectivity index (χ2n) is 4.26. The summed E-state index contributed by atoms with van der Waals surface area (Å²) < 4.78 is 0. The number of likely N-dealkylation sites (N-methyl/N-ethyl adjacent to an activating group) is 1. The number of hydrogen-bond acceptors (Lipinski definition) is 6. The van der Waals surface area contributed by atoms with E-state index in [9.17, 15) is 5.11 Å². The van der Waals surface area contributed by atoms with E-state index in [-0.39, 0.29) is 0 Å². The number of anilines is 1. The first-order chi connectivity index (χ1) is 6.90. The number of hydrazine groups is 1. The number of nitrogens with zero attached hydrogens (tertiary/aromatic N) is 2. The molecule has 0 bridgehead atoms. The Labute approximate surface area is 93.9 Å². The van der Waals surface area contributed by atoms with Gasteiger partial charge in [-0.05, 0) is 20.9 Å². The lowest BCUT2D eigenvalue weighted by Gasteiger charge is -2.24. The van der Waals surface area contributed by atoms with E-state index in [0.717, 1.165) is 11.4 Å². The average Bonchev–Trinajstić information content (AvgIpc) is 2.48. The van der Waals surface area contributed by atoms with Crippen molar-refractivity contribution in [3.05, 3.63) is 11.1 Å². The summed E-state index contributed by atoms with van der Waals surface area (Å²) in [4.78, 5) is 7.25. The Morgan fingerprint density at radius 3 is 2.80 bits per heavy atom. The van der Waals surface area contributed by atoms with Gasteiger partial charge < -0.3 is 5.11 Å². The van der Waals surface area contributed by atoms with Crippen molar-refractivity contribution in [1.82, 2.24) is 9.88 Å². The molecule has 6 heteroatoms. The molecule has 0 radical (unpaired) electrons. The minimum Gasteiger partial charge on any atom is -0.389 e. The quantitative estimate of drug-likeness (QED) is 0.511. The number of aliphatic hydroxyl groups is 1. The molecule has 1 aromatic rings. The summed E-state index contributed by atoms with van der Waals surface area (Å²) in [6, 6.07) is 0. The van der Waals surface area contributed by atoms with Gasteiger partial charge >= 0.3 is 0 Å². The lowest BCUT2D eigenvalue weighted by atomic mass is 10.1. The molecular formula is C9H18N4OS. The maximum Gasteiger partial charge on any atom is 0.197 e. The molecule has 0 aliphatic carbocycles. The number of nitrogens with one attached hydrogen (secondary N) is 1. The SMILES string of the molecule is CN(Cc1cnc(NN)s1)CC(C)(C)O. The predicted octanol–water partition coefficient (Wildman–Crippen LogP) is 0.631. The highest BCUT2D eigenvalue weighted by molar-refractivity contribution is 7.15. The number of thiazole rings is 1. The Bertz CT molecular complexity index is 307. The van der Waals surface area contributed by atoms with Crippen LogP contribution < -0.4 is 11.3 Å². The van der Waals surface area contributed by atoms with E-state index < -0.39 is 5.60 Å². The lowest BCUT2D eigenvalue weighted by molar-refractivity contribution is 0.0427. The molecule has 1 heterocycles. The van der Waals surface area contributed by atoms with E-state index in [0.29, 0.717) is 11.7 Å². The van der Waals surface area contributed by atoms with Crippen LogP contribution in [0.15, 0.2) is 6.20 Å². The van der Waals surface area contributed by atoms with E-state index in [1.807, 2.05) is 11.9 Å². The third kappa shape index (κ3) is 4.57. The molecule has 0 aliphatic rings. The summed E-state index contributed by atoms with van der Waals surface area (Å²) in [6.45, 7) is 4.98. The fraction of sp³-hybridized carbons (Fsp3) is 0.667. The summed E-state index contributed by atoms with van der Waals surface area (Å²) in [5.74, 6) is 5.24. The molecule has 1 aromatic heterocycles. The molecule has 0 fully saturated rings. The zero-order valence-corrected chi connectivity index (χ0v) is 10.1. The Kier molecular flexibility index (Phi) is 4.04. The number of nitrogen functional groups attached to an aromatic ring is 1. The second-order valence-corrected chi connectivity index (χ2v) is 5.38. The molecule has 0 amide bonds. The van der Waals surface area contributed by atoms with Crippen molar-refractivity contribution in [1.29, 1.82) is 0 Å². The summed E-state index contributed by atoms with van der Waals surface area (Å²) >= 11 is 1.52. The van der Waals surface area contributed by atoms with Crippen LogP contribution in [0.25, 0.3) is 0 Å². The van der Waals surface area contributed by atoms with E-state index in [1.165, 1.54) is 11.3 Å². The third-order valence-corrected chi connectivity index (χ3v) is 2.67. The van der Waals surface area contributed by atoms with Crippen molar-refractivity contribution in [3.63, 3.8) is 0 Å². The smallest absolute Gasteiger partial charge is 0.197 e. The molecule has 4 N–H and O–H groups in total. The number of aromatic nitrogens is 1. The van der Waals surface area contributed by atoms with Gasteiger partial charge in [-0.15, -0.1) is 0 Å². The van der Waals surface area contributed by atoms with Crippen molar-refractivity contribution in [3.8, 4) is 0 Å². The number of nitrogens with two attached hydrogens (primary N) is 1. The number of rotatable bonds is 5. The zero-order chi connectivity index (χ0) is 11.5. The standard InChI is InChI=1S/C9H18N4OS/c1-9(2,14)6-13(3)5-7-4-11-8(12-10)15-7/h4,14H,5-6,10H2,1-3H3,(H,11,12). The summed E-state index contributed by atoms with van der Waals surface area (Å²) in [5, 5.41) is 10.3. The number of hydrogen-bond donors (Lipinski definition) is 3. The van der Waals surface area contributed by atoms with E-state index >= 15 is 0 Å². The molecule has 15 heavy (non-hydrogen) atoms. The van der Waals surface area contributed by atoms with Gasteiger partial charge in [-0.25, -0.2) is 10.8 Å². The van der Waals surface area contributed by atoms with Crippen molar-refractivity contribution in [2.24, 2.45) is 5.84 Å². The van der Waals surface area contributed by atoms with Crippen LogP contribution in [0.4, 0.5) is 5.13 Å². The van der Waals surface area contributed by atoms with Gasteiger partial charge in [-0.1, -0.05) is 11.3 Å². The predicted molar refractivity (Wildman–Crippen MR) is 62.6 cm³/mol. The van der Waals surface area contributed by atoms with Gasteiger partial charge in [0.15, 0.2) is 5.13 Å². The molecule has 0 spiro atoms. The van der Waals surface area contributed by atoms with Crippen LogP contribution in [0.3, 0.4) is 0 Å². The Morgan fingerprint density at radius 1 is 1.67 bits per heavy atom. The third-order valence-electron chi connectivity index (χ3n) is 1.76. The van der Waals surface area contributed by atoms with Gasteiger partial charge in [0.25, 0.3) is 0 Å². The van der Waals surface area contributed by atoms with Gasteiger partial charge in [-0.2, -0.15) is 0 Å². The van der Waals surface area contributed by atoms with Crippen LogP contribution in [0.5, 0.6) is 0 Å². The Hall–Kier alpha value is -0.690. The minimum absolute atomic E-state index is 0.621. The van der Waals surface area contributed by atoms with Gasteiger partial charge in [-0.3, -0.25) is 10.3 Å². The Morgan fingerprint density at radius 2 is 2.33 bits per heavy atom. The maximum absolute atomic E-state index is 9.63. The molecule has 0 saturated carbocycles. The van der Waals surface area contributed by atoms with Crippen LogP contribution in [-0.4, -0.2) is 34.2 Å². The minimum atomic E-state index is -0.672. The monoisotopic (exact) mass is 230 g/mol. The highest BCUT2D eigenvalue weighted by atomic mass is 32.1. The molecule has 0 aliphatic heterocycles. The van der Waals surface area contributed by atoms with Crippen molar-refractivity contribution in [2.45, 2.75) is 26.0 Å². The summed E-state index contributed by atoms with van der Waals surface area (Å²) in [5.41, 5.74) is 1.84. The van der Waals surface area contributed by atoms with Gasteiger partial charge in [0.2, 0.25) is 0 Å². The van der Waals surface area contributed by atoms with Crippen LogP contribution in [0, 0.1) is 0 Å². The van der Waals surface area contributed by atoms with Gasteiger partial charge in [0, 0.05) is 24.2 Å². The summed E-state index contributed by atoms with van der Waals surface area (Å²) in [6.07, 6.45) is 1.79. The van der Waals surface area contributed by atoms with Gasteiger partial charge in [0.1, 0.15) is 0 Å². The lowest BCUT2D eigenvalue weighted by Crippen LogP contribution is -2.35. The van der Waals surface area contributed by atoms with Gasteiger partial charge in [0.05, 0.1) is 5.60 Å². The van der Waals surface area contributed by atoms with Crippen molar-refractivity contribution < 1.29 is 5.11 Å². The molecule has 1 rings (SSSR count). The largest absolute Gasteiger partial charge is 0.389 e. The fourth-order valence-corrected chi connectivity index (χ4v) is 2.23. The first-order valence-electron chi connectivity index (χ1n) is 4.73. The van der Waals surface area contributed by atoms with Crippen LogP contribution in [0.1, 0.15) is 18.7 Å². The van der Waals surface area contributed by atoms with Crippen LogP contribution >= 0.6 is 11.3 Å². The first-order valence-corrected chi connectivity index (χ1v) is 5.54. The average molecular weight is 230 g/mol. The van der Waals surface area contributed by atoms with Crippen molar-refractivity contribution >= 4 is 16.5 Å². The molecule has 0 aromatic carbocycles. The van der Waals surface area contributed by atoms with E-state index in [4.69, 9.17) is 5.84 Å². The van der Waals surface area contributed by atoms with Crippen molar-refractivity contribution in [2.75, 3.05) is 19.0 Å². The zero-order valence-electron chi connectivity index (χ0n) is 9.32. The topological polar surface area (TPSA) is 74.4 Å². The molecule has 5 nitrogen and oxygen atoms in total. The maximum atomic E-state index is 9.63. The van der Waals surface area contributed by atoms with E-state index in [1.54, 1.807) is 20.0 Å². The fourth-order valence-electron chi connectivity index (χ4n) is 1.43.